The normalized spacial score (nSPS) is 13.0. The highest BCUT2D eigenvalue weighted by atomic mass is 16.3. The van der Waals surface area contributed by atoms with Crippen molar-refractivity contribution in [3.8, 4) is 0 Å². The average Bonchev–Trinajstić information content (AvgIpc) is 3.14. The van der Waals surface area contributed by atoms with Crippen LogP contribution in [-0.4, -0.2) is 37.0 Å². The maximum absolute atomic E-state index is 5.32. The monoisotopic (exact) mass is 342 g/mol. The second-order valence-electron chi connectivity index (χ2n) is 6.24. The Morgan fingerprint density at radius 1 is 1.16 bits per heavy atom. The van der Waals surface area contributed by atoms with E-state index in [1.807, 2.05) is 12.1 Å². The third-order valence-electron chi connectivity index (χ3n) is 4.20. The van der Waals surface area contributed by atoms with Gasteiger partial charge >= 0.3 is 0 Å². The summed E-state index contributed by atoms with van der Waals surface area (Å²) in [5, 5.41) is 6.67. The molecular weight excluding hydrogens is 312 g/mol. The van der Waals surface area contributed by atoms with Crippen LogP contribution in [0.4, 0.5) is 0 Å². The smallest absolute Gasteiger partial charge is 0.191 e. The Kier molecular flexibility index (Phi) is 8.05. The van der Waals surface area contributed by atoms with Crippen molar-refractivity contribution in [2.75, 3.05) is 20.1 Å². The molecule has 0 bridgehead atoms. The van der Waals surface area contributed by atoms with Crippen molar-refractivity contribution < 1.29 is 4.42 Å². The van der Waals surface area contributed by atoms with E-state index in [9.17, 15) is 0 Å². The van der Waals surface area contributed by atoms with Crippen LogP contribution < -0.4 is 10.6 Å². The number of hydrogen-bond donors (Lipinski definition) is 2. The van der Waals surface area contributed by atoms with Crippen molar-refractivity contribution in [2.24, 2.45) is 4.99 Å². The Morgan fingerprint density at radius 3 is 2.64 bits per heavy atom. The fraction of sp³-hybridized carbons (Fsp3) is 0.450. The maximum atomic E-state index is 5.32. The summed E-state index contributed by atoms with van der Waals surface area (Å²) in [5.74, 6) is 1.70. The summed E-state index contributed by atoms with van der Waals surface area (Å²) in [7, 11) is 2.17. The Balaban J connectivity index is 1.75. The minimum Gasteiger partial charge on any atom is -0.467 e. The highest BCUT2D eigenvalue weighted by Gasteiger charge is 2.09. The number of rotatable bonds is 9. The molecule has 1 atom stereocenters. The lowest BCUT2D eigenvalue weighted by Crippen LogP contribution is -2.40. The van der Waals surface area contributed by atoms with Gasteiger partial charge in [0.15, 0.2) is 5.96 Å². The Bertz CT molecular complexity index is 610. The van der Waals surface area contributed by atoms with Gasteiger partial charge in [-0.05, 0) is 45.0 Å². The standard InChI is InChI=1S/C20H30N4O/c1-4-21-20(23-15-19-11-8-14-25-19)22-13-12-17(2)24(3)16-18-9-6-5-7-10-18/h5-11,14,17H,4,12-13,15-16H2,1-3H3,(H2,21,22,23). The van der Waals surface area contributed by atoms with E-state index in [0.717, 1.165) is 37.8 Å². The van der Waals surface area contributed by atoms with Gasteiger partial charge in [0.05, 0.1) is 6.26 Å². The minimum absolute atomic E-state index is 0.487. The number of furan rings is 1. The van der Waals surface area contributed by atoms with Gasteiger partial charge in [0, 0.05) is 25.7 Å². The summed E-state index contributed by atoms with van der Waals surface area (Å²) < 4.78 is 5.32. The maximum Gasteiger partial charge on any atom is 0.191 e. The Hall–Kier alpha value is -2.27. The Labute approximate surface area is 151 Å². The van der Waals surface area contributed by atoms with E-state index >= 15 is 0 Å². The van der Waals surface area contributed by atoms with E-state index in [2.05, 4.69) is 71.8 Å². The molecule has 1 heterocycles. The van der Waals surface area contributed by atoms with Crippen LogP contribution in [0.3, 0.4) is 0 Å². The molecule has 0 spiro atoms. The van der Waals surface area contributed by atoms with Crippen LogP contribution in [-0.2, 0) is 13.1 Å². The zero-order valence-corrected chi connectivity index (χ0v) is 15.5. The van der Waals surface area contributed by atoms with Gasteiger partial charge in [-0.15, -0.1) is 0 Å². The van der Waals surface area contributed by atoms with Gasteiger partial charge in [0.1, 0.15) is 12.3 Å². The third kappa shape index (κ3) is 7.01. The first kappa shape index (κ1) is 19.1. The molecule has 0 saturated heterocycles. The molecule has 2 rings (SSSR count). The lowest BCUT2D eigenvalue weighted by Gasteiger charge is -2.25. The van der Waals surface area contributed by atoms with Crippen LogP contribution in [0.25, 0.3) is 0 Å². The van der Waals surface area contributed by atoms with Crippen molar-refractivity contribution in [1.82, 2.24) is 15.5 Å². The summed E-state index contributed by atoms with van der Waals surface area (Å²) >= 11 is 0. The fourth-order valence-corrected chi connectivity index (χ4v) is 2.55. The number of aliphatic imine (C=N–C) groups is 1. The van der Waals surface area contributed by atoms with Gasteiger partial charge in [-0.2, -0.15) is 0 Å². The molecular formula is C20H30N4O. The van der Waals surface area contributed by atoms with Crippen molar-refractivity contribution in [3.05, 3.63) is 60.1 Å². The highest BCUT2D eigenvalue weighted by molar-refractivity contribution is 5.79. The Morgan fingerprint density at radius 2 is 1.96 bits per heavy atom. The molecule has 0 saturated carbocycles. The molecule has 2 N–H and O–H groups in total. The van der Waals surface area contributed by atoms with Crippen LogP contribution in [0.5, 0.6) is 0 Å². The lowest BCUT2D eigenvalue weighted by atomic mass is 10.1. The van der Waals surface area contributed by atoms with Crippen molar-refractivity contribution in [1.29, 1.82) is 0 Å². The first-order valence-electron chi connectivity index (χ1n) is 8.97. The largest absolute Gasteiger partial charge is 0.467 e. The van der Waals surface area contributed by atoms with Gasteiger partial charge in [-0.3, -0.25) is 4.90 Å². The molecule has 136 valence electrons. The first-order valence-corrected chi connectivity index (χ1v) is 8.97. The number of nitrogens with one attached hydrogen (secondary N) is 2. The van der Waals surface area contributed by atoms with Gasteiger partial charge in [-0.1, -0.05) is 30.3 Å². The predicted octanol–water partition coefficient (Wildman–Crippen LogP) is 3.25. The lowest BCUT2D eigenvalue weighted by molar-refractivity contribution is 0.238. The number of benzene rings is 1. The summed E-state index contributed by atoms with van der Waals surface area (Å²) in [4.78, 5) is 6.93. The van der Waals surface area contributed by atoms with E-state index in [-0.39, 0.29) is 0 Å². The van der Waals surface area contributed by atoms with E-state index < -0.39 is 0 Å². The molecule has 0 aliphatic carbocycles. The van der Waals surface area contributed by atoms with Crippen LogP contribution >= 0.6 is 0 Å². The third-order valence-corrected chi connectivity index (χ3v) is 4.20. The van der Waals surface area contributed by atoms with Gasteiger partial charge in [-0.25, -0.2) is 4.99 Å². The summed E-state index contributed by atoms with van der Waals surface area (Å²) in [6, 6.07) is 14.9. The van der Waals surface area contributed by atoms with Crippen LogP contribution in [0.2, 0.25) is 0 Å². The minimum atomic E-state index is 0.487. The van der Waals surface area contributed by atoms with Crippen molar-refractivity contribution >= 4 is 5.96 Å². The number of hydrogen-bond acceptors (Lipinski definition) is 3. The van der Waals surface area contributed by atoms with Gasteiger partial charge < -0.3 is 15.1 Å². The quantitative estimate of drug-likeness (QED) is 0.543. The van der Waals surface area contributed by atoms with E-state index in [4.69, 9.17) is 4.42 Å². The molecule has 0 radical (unpaired) electrons. The molecule has 1 unspecified atom stereocenters. The summed E-state index contributed by atoms with van der Waals surface area (Å²) in [6.45, 7) is 7.57. The van der Waals surface area contributed by atoms with Crippen LogP contribution in [0.1, 0.15) is 31.6 Å². The molecule has 1 aromatic heterocycles. The molecule has 0 amide bonds. The van der Waals surface area contributed by atoms with E-state index in [1.54, 1.807) is 6.26 Å². The molecule has 0 aliphatic heterocycles. The molecule has 0 aliphatic rings. The molecule has 0 fully saturated rings. The predicted molar refractivity (Wildman–Crippen MR) is 104 cm³/mol. The average molecular weight is 342 g/mol. The number of nitrogens with zero attached hydrogens (tertiary/aromatic N) is 2. The number of guanidine groups is 1. The molecule has 25 heavy (non-hydrogen) atoms. The SMILES string of the molecule is CCNC(=NCc1ccco1)NCCC(C)N(C)Cc1ccccc1. The topological polar surface area (TPSA) is 52.8 Å². The summed E-state index contributed by atoms with van der Waals surface area (Å²) in [5.41, 5.74) is 1.35. The summed E-state index contributed by atoms with van der Waals surface area (Å²) in [6.07, 6.45) is 2.73. The highest BCUT2D eigenvalue weighted by Crippen LogP contribution is 2.08. The van der Waals surface area contributed by atoms with Crippen molar-refractivity contribution in [2.45, 2.75) is 39.4 Å². The van der Waals surface area contributed by atoms with E-state index in [0.29, 0.717) is 12.6 Å². The second-order valence-corrected chi connectivity index (χ2v) is 6.24. The molecule has 5 nitrogen and oxygen atoms in total. The molecule has 2 aromatic rings. The van der Waals surface area contributed by atoms with Crippen molar-refractivity contribution in [3.63, 3.8) is 0 Å². The second kappa shape index (κ2) is 10.6. The fourth-order valence-electron chi connectivity index (χ4n) is 2.55. The van der Waals surface area contributed by atoms with Crippen LogP contribution in [0.15, 0.2) is 58.1 Å². The van der Waals surface area contributed by atoms with E-state index in [1.165, 1.54) is 5.56 Å². The van der Waals surface area contributed by atoms with Crippen LogP contribution in [0, 0.1) is 0 Å². The zero-order valence-electron chi connectivity index (χ0n) is 15.5. The first-order chi connectivity index (χ1) is 12.2. The molecule has 1 aromatic carbocycles. The zero-order chi connectivity index (χ0) is 17.9. The van der Waals surface area contributed by atoms with Gasteiger partial charge in [0.25, 0.3) is 0 Å². The molecule has 5 heteroatoms. The van der Waals surface area contributed by atoms with Gasteiger partial charge in [0.2, 0.25) is 0 Å².